The number of carbonyl (C=O) groups is 2. The maximum atomic E-state index is 12.6. The van der Waals surface area contributed by atoms with Gasteiger partial charge in [0.05, 0.1) is 26.2 Å². The maximum absolute atomic E-state index is 12.6. The monoisotopic (exact) mass is 385 g/mol. The minimum atomic E-state index is -0.904. The molecule has 1 amide bonds. The van der Waals surface area contributed by atoms with E-state index in [1.807, 2.05) is 0 Å². The van der Waals surface area contributed by atoms with E-state index >= 15 is 0 Å². The van der Waals surface area contributed by atoms with Crippen LogP contribution in [0.5, 0.6) is 11.5 Å². The van der Waals surface area contributed by atoms with Crippen LogP contribution < -0.4 is 14.8 Å². The molecule has 0 bridgehead atoms. The molecule has 2 rings (SSSR count). The summed E-state index contributed by atoms with van der Waals surface area (Å²) >= 11 is 3.36. The van der Waals surface area contributed by atoms with E-state index in [0.29, 0.717) is 34.4 Å². The Hall–Kier alpha value is -1.76. The zero-order chi connectivity index (χ0) is 17.0. The lowest BCUT2D eigenvalue weighted by Gasteiger charge is -2.28. The van der Waals surface area contributed by atoms with Crippen LogP contribution in [0.25, 0.3) is 0 Å². The maximum Gasteiger partial charge on any atom is 0.305 e. The van der Waals surface area contributed by atoms with E-state index in [-0.39, 0.29) is 12.3 Å². The SMILES string of the molecule is COc1cc(C(=O)NC2(CC(=O)O)CCCC2)cc(OC)c1Br. The van der Waals surface area contributed by atoms with Crippen LogP contribution in [0.15, 0.2) is 16.6 Å². The molecule has 1 aliphatic carbocycles. The van der Waals surface area contributed by atoms with Gasteiger partial charge in [0.25, 0.3) is 5.91 Å². The molecule has 0 unspecified atom stereocenters. The van der Waals surface area contributed by atoms with Gasteiger partial charge in [-0.15, -0.1) is 0 Å². The molecule has 1 aliphatic rings. The summed E-state index contributed by atoms with van der Waals surface area (Å²) in [6, 6.07) is 3.21. The Balaban J connectivity index is 2.27. The van der Waals surface area contributed by atoms with Crippen molar-refractivity contribution in [3.63, 3.8) is 0 Å². The van der Waals surface area contributed by atoms with Gasteiger partial charge < -0.3 is 19.9 Å². The minimum absolute atomic E-state index is 0.0659. The fourth-order valence-corrected chi connectivity index (χ4v) is 3.55. The van der Waals surface area contributed by atoms with Crippen LogP contribution >= 0.6 is 15.9 Å². The third-order valence-corrected chi connectivity index (χ3v) is 4.92. The number of aliphatic carboxylic acids is 1. The highest BCUT2D eigenvalue weighted by Gasteiger charge is 2.37. The lowest BCUT2D eigenvalue weighted by atomic mass is 9.92. The van der Waals surface area contributed by atoms with Crippen LogP contribution in [0.4, 0.5) is 0 Å². The number of carboxylic acids is 1. The van der Waals surface area contributed by atoms with E-state index in [1.165, 1.54) is 14.2 Å². The molecule has 1 fully saturated rings. The molecular weight excluding hydrogens is 366 g/mol. The summed E-state index contributed by atoms with van der Waals surface area (Å²) in [7, 11) is 3.01. The van der Waals surface area contributed by atoms with Gasteiger partial charge in [-0.2, -0.15) is 0 Å². The van der Waals surface area contributed by atoms with Gasteiger partial charge in [0.1, 0.15) is 16.0 Å². The fraction of sp³-hybridized carbons (Fsp3) is 0.500. The number of carbonyl (C=O) groups excluding carboxylic acids is 1. The van der Waals surface area contributed by atoms with Crippen molar-refractivity contribution in [1.82, 2.24) is 5.32 Å². The van der Waals surface area contributed by atoms with Crippen LogP contribution in [-0.2, 0) is 4.79 Å². The first-order valence-corrected chi connectivity index (χ1v) is 8.16. The number of ether oxygens (including phenoxy) is 2. The normalized spacial score (nSPS) is 16.0. The standard InChI is InChI=1S/C16H20BrNO5/c1-22-11-7-10(8-12(23-2)14(11)17)15(21)18-16(9-13(19)20)5-3-4-6-16/h7-8H,3-6,9H2,1-2H3,(H,18,21)(H,19,20). The molecule has 0 aromatic heterocycles. The van der Waals surface area contributed by atoms with Crippen molar-refractivity contribution in [3.8, 4) is 11.5 Å². The summed E-state index contributed by atoms with van der Waals surface area (Å²) in [6.07, 6.45) is 3.12. The molecular formula is C16H20BrNO5. The molecule has 0 radical (unpaired) electrons. The summed E-state index contributed by atoms with van der Waals surface area (Å²) in [5.41, 5.74) is -0.297. The van der Waals surface area contributed by atoms with Crippen molar-refractivity contribution in [2.45, 2.75) is 37.6 Å². The predicted octanol–water partition coefficient (Wildman–Crippen LogP) is 2.98. The number of amides is 1. The molecule has 0 heterocycles. The molecule has 1 aromatic rings. The number of rotatable bonds is 6. The second-order valence-electron chi connectivity index (χ2n) is 5.71. The predicted molar refractivity (Wildman–Crippen MR) is 88.2 cm³/mol. The van der Waals surface area contributed by atoms with Crippen molar-refractivity contribution in [2.24, 2.45) is 0 Å². The van der Waals surface area contributed by atoms with E-state index in [2.05, 4.69) is 21.2 Å². The first-order chi connectivity index (χ1) is 10.9. The summed E-state index contributed by atoms with van der Waals surface area (Å²) < 4.78 is 11.1. The molecule has 0 saturated heterocycles. The summed E-state index contributed by atoms with van der Waals surface area (Å²) in [4.78, 5) is 23.7. The molecule has 6 nitrogen and oxygen atoms in total. The van der Waals surface area contributed by atoms with E-state index < -0.39 is 11.5 Å². The molecule has 2 N–H and O–H groups in total. The Morgan fingerprint density at radius 1 is 1.22 bits per heavy atom. The van der Waals surface area contributed by atoms with Gasteiger partial charge in [0.2, 0.25) is 0 Å². The molecule has 0 spiro atoms. The van der Waals surface area contributed by atoms with E-state index in [0.717, 1.165) is 12.8 Å². The molecule has 126 valence electrons. The van der Waals surface area contributed by atoms with E-state index in [9.17, 15) is 9.59 Å². The number of halogens is 1. The second-order valence-corrected chi connectivity index (χ2v) is 6.50. The Kier molecular flexibility index (Phi) is 5.51. The zero-order valence-electron chi connectivity index (χ0n) is 13.1. The largest absolute Gasteiger partial charge is 0.495 e. The highest BCUT2D eigenvalue weighted by Crippen LogP contribution is 2.37. The molecule has 0 aliphatic heterocycles. The third-order valence-electron chi connectivity index (χ3n) is 4.14. The fourth-order valence-electron chi connectivity index (χ4n) is 3.00. The van der Waals surface area contributed by atoms with Crippen LogP contribution in [-0.4, -0.2) is 36.7 Å². The van der Waals surface area contributed by atoms with Crippen LogP contribution in [0.1, 0.15) is 42.5 Å². The zero-order valence-corrected chi connectivity index (χ0v) is 14.7. The number of nitrogens with one attached hydrogen (secondary N) is 1. The first kappa shape index (κ1) is 17.6. The van der Waals surface area contributed by atoms with Crippen molar-refractivity contribution in [2.75, 3.05) is 14.2 Å². The van der Waals surface area contributed by atoms with Crippen molar-refractivity contribution < 1.29 is 24.2 Å². The highest BCUT2D eigenvalue weighted by molar-refractivity contribution is 9.10. The summed E-state index contributed by atoms with van der Waals surface area (Å²) in [5.74, 6) is -0.267. The van der Waals surface area contributed by atoms with Crippen LogP contribution in [0.2, 0.25) is 0 Å². The van der Waals surface area contributed by atoms with Crippen molar-refractivity contribution >= 4 is 27.8 Å². The number of carboxylic acid groups (broad SMARTS) is 1. The van der Waals surface area contributed by atoms with Crippen LogP contribution in [0.3, 0.4) is 0 Å². The second kappa shape index (κ2) is 7.21. The highest BCUT2D eigenvalue weighted by atomic mass is 79.9. The topological polar surface area (TPSA) is 84.9 Å². The molecule has 0 atom stereocenters. The van der Waals surface area contributed by atoms with Crippen molar-refractivity contribution in [1.29, 1.82) is 0 Å². The van der Waals surface area contributed by atoms with Gasteiger partial charge >= 0.3 is 5.97 Å². The van der Waals surface area contributed by atoms with Crippen molar-refractivity contribution in [3.05, 3.63) is 22.2 Å². The Labute approximate surface area is 143 Å². The van der Waals surface area contributed by atoms with Gasteiger partial charge in [-0.3, -0.25) is 9.59 Å². The van der Waals surface area contributed by atoms with Gasteiger partial charge in [-0.05, 0) is 40.9 Å². The molecule has 1 saturated carbocycles. The third kappa shape index (κ3) is 3.96. The summed E-state index contributed by atoms with van der Waals surface area (Å²) in [6.45, 7) is 0. The molecule has 7 heteroatoms. The number of methoxy groups -OCH3 is 2. The van der Waals surface area contributed by atoms with Gasteiger partial charge in [0, 0.05) is 5.56 Å². The quantitative estimate of drug-likeness (QED) is 0.785. The first-order valence-electron chi connectivity index (χ1n) is 7.36. The average Bonchev–Trinajstić information content (AvgIpc) is 2.94. The minimum Gasteiger partial charge on any atom is -0.495 e. The number of hydrogen-bond donors (Lipinski definition) is 2. The number of hydrogen-bond acceptors (Lipinski definition) is 4. The lowest BCUT2D eigenvalue weighted by molar-refractivity contribution is -0.138. The Bertz CT molecular complexity index is 585. The lowest BCUT2D eigenvalue weighted by Crippen LogP contribution is -2.47. The molecule has 23 heavy (non-hydrogen) atoms. The van der Waals surface area contributed by atoms with Gasteiger partial charge in [-0.25, -0.2) is 0 Å². The van der Waals surface area contributed by atoms with Gasteiger partial charge in [-0.1, -0.05) is 12.8 Å². The Morgan fingerprint density at radius 2 is 1.74 bits per heavy atom. The van der Waals surface area contributed by atoms with E-state index in [4.69, 9.17) is 14.6 Å². The van der Waals surface area contributed by atoms with Gasteiger partial charge in [0.15, 0.2) is 0 Å². The van der Waals surface area contributed by atoms with Crippen LogP contribution in [0, 0.1) is 0 Å². The molecule has 1 aromatic carbocycles. The van der Waals surface area contributed by atoms with E-state index in [1.54, 1.807) is 12.1 Å². The smallest absolute Gasteiger partial charge is 0.305 e. The number of benzene rings is 1. The summed E-state index contributed by atoms with van der Waals surface area (Å²) in [5, 5.41) is 12.0. The average molecular weight is 386 g/mol. The Morgan fingerprint density at radius 3 is 2.17 bits per heavy atom.